The largest absolute Gasteiger partial charge is 0.493 e. The van der Waals surface area contributed by atoms with Gasteiger partial charge in [0.2, 0.25) is 0 Å². The average molecular weight is 261 g/mol. The summed E-state index contributed by atoms with van der Waals surface area (Å²) < 4.78 is 5.53. The van der Waals surface area contributed by atoms with Crippen LogP contribution in [0.15, 0.2) is 30.9 Å². The maximum atomic E-state index is 5.87. The standard InChI is InChI=1S/C12H15Cl2NO/c1-2-6-15-7-3-8-16-10-4-5-11(13)12(14)9-10/h2,4-5,9,15H,1,3,6-8H2/p+1. The number of hydrogen-bond donors (Lipinski definition) is 1. The summed E-state index contributed by atoms with van der Waals surface area (Å²) in [6, 6.07) is 5.29. The summed E-state index contributed by atoms with van der Waals surface area (Å²) in [5, 5.41) is 3.26. The Morgan fingerprint density at radius 1 is 1.31 bits per heavy atom. The van der Waals surface area contributed by atoms with Gasteiger partial charge < -0.3 is 10.1 Å². The van der Waals surface area contributed by atoms with Gasteiger partial charge >= 0.3 is 0 Å². The van der Waals surface area contributed by atoms with Crippen LogP contribution in [0.25, 0.3) is 0 Å². The minimum absolute atomic E-state index is 0.525. The first kappa shape index (κ1) is 13.4. The van der Waals surface area contributed by atoms with Crippen molar-refractivity contribution in [3.63, 3.8) is 0 Å². The van der Waals surface area contributed by atoms with Gasteiger partial charge in [0.05, 0.1) is 29.7 Å². The molecule has 0 aliphatic carbocycles. The summed E-state index contributed by atoms with van der Waals surface area (Å²) in [5.41, 5.74) is 0. The van der Waals surface area contributed by atoms with Crippen LogP contribution in [-0.4, -0.2) is 19.7 Å². The number of nitrogens with two attached hydrogens (primary N) is 1. The highest BCUT2D eigenvalue weighted by molar-refractivity contribution is 6.42. The van der Waals surface area contributed by atoms with Crippen LogP contribution in [-0.2, 0) is 0 Å². The van der Waals surface area contributed by atoms with Crippen molar-refractivity contribution >= 4 is 23.2 Å². The molecule has 0 aliphatic heterocycles. The van der Waals surface area contributed by atoms with E-state index in [1.807, 2.05) is 12.1 Å². The molecule has 1 aromatic rings. The highest BCUT2D eigenvalue weighted by Crippen LogP contribution is 2.26. The molecule has 2 N–H and O–H groups in total. The lowest BCUT2D eigenvalue weighted by Crippen LogP contribution is -2.84. The Morgan fingerprint density at radius 2 is 2.12 bits per heavy atom. The Hall–Kier alpha value is -0.700. The highest BCUT2D eigenvalue weighted by atomic mass is 35.5. The predicted octanol–water partition coefficient (Wildman–Crippen LogP) is 2.51. The van der Waals surface area contributed by atoms with Gasteiger partial charge in [-0.3, -0.25) is 0 Å². The molecule has 88 valence electrons. The topological polar surface area (TPSA) is 25.8 Å². The van der Waals surface area contributed by atoms with Gasteiger partial charge in [-0.2, -0.15) is 0 Å². The van der Waals surface area contributed by atoms with E-state index >= 15 is 0 Å². The van der Waals surface area contributed by atoms with Crippen molar-refractivity contribution in [3.05, 3.63) is 40.9 Å². The van der Waals surface area contributed by atoms with Crippen LogP contribution >= 0.6 is 23.2 Å². The third-order valence-corrected chi connectivity index (χ3v) is 2.78. The fourth-order valence-electron chi connectivity index (χ4n) is 1.22. The van der Waals surface area contributed by atoms with Crippen molar-refractivity contribution in [2.24, 2.45) is 0 Å². The van der Waals surface area contributed by atoms with E-state index in [-0.39, 0.29) is 0 Å². The van der Waals surface area contributed by atoms with Gasteiger partial charge in [0.15, 0.2) is 0 Å². The molecule has 0 aromatic heterocycles. The second-order valence-corrected chi connectivity index (χ2v) is 4.19. The van der Waals surface area contributed by atoms with Gasteiger partial charge in [-0.1, -0.05) is 29.8 Å². The van der Waals surface area contributed by atoms with E-state index in [1.54, 1.807) is 12.1 Å². The summed E-state index contributed by atoms with van der Waals surface area (Å²) in [4.78, 5) is 0. The average Bonchev–Trinajstić information content (AvgIpc) is 2.28. The Bertz CT molecular complexity index is 342. The van der Waals surface area contributed by atoms with Crippen LogP contribution < -0.4 is 10.1 Å². The molecule has 16 heavy (non-hydrogen) atoms. The lowest BCUT2D eigenvalue weighted by molar-refractivity contribution is -0.646. The van der Waals surface area contributed by atoms with E-state index in [0.29, 0.717) is 16.7 Å². The van der Waals surface area contributed by atoms with Gasteiger partial charge in [-0.05, 0) is 18.2 Å². The van der Waals surface area contributed by atoms with Gasteiger partial charge in [0.25, 0.3) is 0 Å². The smallest absolute Gasteiger partial charge is 0.120 e. The minimum atomic E-state index is 0.525. The monoisotopic (exact) mass is 260 g/mol. The molecule has 0 amide bonds. The van der Waals surface area contributed by atoms with Crippen molar-refractivity contribution < 1.29 is 10.1 Å². The zero-order valence-corrected chi connectivity index (χ0v) is 10.6. The zero-order valence-electron chi connectivity index (χ0n) is 9.09. The van der Waals surface area contributed by atoms with E-state index in [9.17, 15) is 0 Å². The van der Waals surface area contributed by atoms with Crippen LogP contribution in [0.4, 0.5) is 0 Å². The summed E-state index contributed by atoms with van der Waals surface area (Å²) in [6.07, 6.45) is 2.88. The molecule has 1 aromatic carbocycles. The third kappa shape index (κ3) is 4.88. The number of quaternary nitrogens is 1. The van der Waals surface area contributed by atoms with Crippen molar-refractivity contribution in [1.29, 1.82) is 0 Å². The molecule has 0 heterocycles. The van der Waals surface area contributed by atoms with Crippen molar-refractivity contribution in [2.45, 2.75) is 6.42 Å². The molecule has 0 aliphatic rings. The first-order chi connectivity index (χ1) is 7.74. The Labute approximate surface area is 106 Å². The minimum Gasteiger partial charge on any atom is -0.493 e. The molecule has 0 unspecified atom stereocenters. The van der Waals surface area contributed by atoms with Crippen LogP contribution in [0.1, 0.15) is 6.42 Å². The quantitative estimate of drug-likeness (QED) is 0.592. The lowest BCUT2D eigenvalue weighted by atomic mass is 10.3. The summed E-state index contributed by atoms with van der Waals surface area (Å²) in [6.45, 7) is 6.33. The van der Waals surface area contributed by atoms with E-state index in [0.717, 1.165) is 25.3 Å². The third-order valence-electron chi connectivity index (χ3n) is 2.05. The molecule has 0 bridgehead atoms. The Kier molecular flexibility index (Phi) is 6.31. The molecule has 0 radical (unpaired) electrons. The normalized spacial score (nSPS) is 10.1. The van der Waals surface area contributed by atoms with Gasteiger partial charge in [-0.25, -0.2) is 0 Å². The number of halogens is 2. The molecule has 1 rings (SSSR count). The van der Waals surface area contributed by atoms with Crippen molar-refractivity contribution in [1.82, 2.24) is 0 Å². The van der Waals surface area contributed by atoms with Crippen LogP contribution in [0, 0.1) is 0 Å². The fraction of sp³-hybridized carbons (Fsp3) is 0.333. The molecule has 0 spiro atoms. The number of hydrogen-bond acceptors (Lipinski definition) is 1. The molecule has 0 saturated heterocycles. The van der Waals surface area contributed by atoms with Gasteiger partial charge in [0, 0.05) is 12.5 Å². The highest BCUT2D eigenvalue weighted by Gasteiger charge is 2.00. The second kappa shape index (κ2) is 7.55. The summed E-state index contributed by atoms with van der Waals surface area (Å²) in [5.74, 6) is 0.762. The molecular formula is C12H16Cl2NO+. The maximum absolute atomic E-state index is 5.87. The second-order valence-electron chi connectivity index (χ2n) is 3.38. The SMILES string of the molecule is C=CC[NH2+]CCCOc1ccc(Cl)c(Cl)c1. The summed E-state index contributed by atoms with van der Waals surface area (Å²) in [7, 11) is 0. The predicted molar refractivity (Wildman–Crippen MR) is 68.4 cm³/mol. The maximum Gasteiger partial charge on any atom is 0.120 e. The molecule has 0 fully saturated rings. The van der Waals surface area contributed by atoms with E-state index in [2.05, 4.69) is 11.9 Å². The molecule has 4 heteroatoms. The molecular weight excluding hydrogens is 245 g/mol. The number of ether oxygens (including phenoxy) is 1. The lowest BCUT2D eigenvalue weighted by Gasteiger charge is -2.06. The van der Waals surface area contributed by atoms with Crippen molar-refractivity contribution in [2.75, 3.05) is 19.7 Å². The van der Waals surface area contributed by atoms with E-state index < -0.39 is 0 Å². The van der Waals surface area contributed by atoms with Gasteiger partial charge in [0.1, 0.15) is 5.75 Å². The van der Waals surface area contributed by atoms with Crippen LogP contribution in [0.3, 0.4) is 0 Å². The van der Waals surface area contributed by atoms with E-state index in [1.165, 1.54) is 0 Å². The Morgan fingerprint density at radius 3 is 2.81 bits per heavy atom. The first-order valence-electron chi connectivity index (χ1n) is 5.24. The number of rotatable bonds is 7. The number of benzene rings is 1. The first-order valence-corrected chi connectivity index (χ1v) is 6.00. The zero-order chi connectivity index (χ0) is 11.8. The van der Waals surface area contributed by atoms with Crippen LogP contribution in [0.5, 0.6) is 5.75 Å². The van der Waals surface area contributed by atoms with E-state index in [4.69, 9.17) is 27.9 Å². The Balaban J connectivity index is 2.21. The van der Waals surface area contributed by atoms with Gasteiger partial charge in [-0.15, -0.1) is 0 Å². The molecule has 0 saturated carbocycles. The molecule has 0 atom stereocenters. The fourth-order valence-corrected chi connectivity index (χ4v) is 1.51. The van der Waals surface area contributed by atoms with Crippen molar-refractivity contribution in [3.8, 4) is 5.75 Å². The summed E-state index contributed by atoms with van der Waals surface area (Å²) >= 11 is 11.7. The van der Waals surface area contributed by atoms with Crippen LogP contribution in [0.2, 0.25) is 10.0 Å². The molecule has 2 nitrogen and oxygen atoms in total.